The number of amides is 3. The number of halogens is 3. The van der Waals surface area contributed by atoms with Gasteiger partial charge >= 0.3 is 6.18 Å². The minimum Gasteiger partial charge on any atom is -0.347 e. The third-order valence-corrected chi connectivity index (χ3v) is 5.85. The van der Waals surface area contributed by atoms with E-state index in [9.17, 15) is 32.3 Å². The van der Waals surface area contributed by atoms with Crippen LogP contribution in [0, 0.1) is 0 Å². The molecule has 192 valence electrons. The highest BCUT2D eigenvalue weighted by atomic mass is 19.4. The molecule has 2 aromatic carbocycles. The van der Waals surface area contributed by atoms with Crippen molar-refractivity contribution in [2.45, 2.75) is 64.0 Å². The molecule has 36 heavy (non-hydrogen) atoms. The summed E-state index contributed by atoms with van der Waals surface area (Å²) < 4.78 is 40.4. The van der Waals surface area contributed by atoms with Gasteiger partial charge in [0.1, 0.15) is 12.1 Å². The lowest BCUT2D eigenvalue weighted by Crippen LogP contribution is -2.54. The molecule has 2 N–H and O–H groups in total. The largest absolute Gasteiger partial charge is 0.416 e. The van der Waals surface area contributed by atoms with Crippen LogP contribution in [0.25, 0.3) is 0 Å². The molecule has 2 aromatic rings. The van der Waals surface area contributed by atoms with Gasteiger partial charge in [0.05, 0.1) is 5.56 Å². The smallest absolute Gasteiger partial charge is 0.347 e. The van der Waals surface area contributed by atoms with Crippen LogP contribution in [0.4, 0.5) is 13.2 Å². The van der Waals surface area contributed by atoms with Crippen molar-refractivity contribution in [3.05, 3.63) is 71.3 Å². The molecule has 7 nitrogen and oxygen atoms in total. The molecule has 0 saturated carbocycles. The number of Topliss-reactive ketones (excluding diaryl/α,β-unsaturated/α-hetero) is 1. The zero-order valence-electron chi connectivity index (χ0n) is 20.0. The Bertz CT molecular complexity index is 1120. The zero-order chi connectivity index (χ0) is 26.5. The molecule has 10 heteroatoms. The number of rotatable bonds is 9. The van der Waals surface area contributed by atoms with Gasteiger partial charge in [-0.05, 0) is 37.5 Å². The molecule has 1 fully saturated rings. The normalized spacial score (nSPS) is 16.7. The Morgan fingerprint density at radius 1 is 1.00 bits per heavy atom. The molecule has 0 radical (unpaired) electrons. The Morgan fingerprint density at radius 2 is 1.64 bits per heavy atom. The second-order valence-electron chi connectivity index (χ2n) is 8.97. The number of alkyl halides is 3. The quantitative estimate of drug-likeness (QED) is 0.515. The van der Waals surface area contributed by atoms with Gasteiger partial charge in [-0.2, -0.15) is 13.2 Å². The fourth-order valence-electron chi connectivity index (χ4n) is 4.14. The number of benzene rings is 2. The Balaban J connectivity index is 1.82. The topological polar surface area (TPSA) is 95.6 Å². The molecule has 2 atom stereocenters. The molecule has 1 aliphatic heterocycles. The van der Waals surface area contributed by atoms with E-state index in [0.717, 1.165) is 11.0 Å². The van der Waals surface area contributed by atoms with Crippen molar-refractivity contribution in [3.63, 3.8) is 0 Å². The molecule has 0 spiro atoms. The van der Waals surface area contributed by atoms with Gasteiger partial charge in [-0.25, -0.2) is 0 Å². The van der Waals surface area contributed by atoms with Crippen molar-refractivity contribution in [2.24, 2.45) is 0 Å². The molecular formula is C26H28F3N3O4. The van der Waals surface area contributed by atoms with E-state index in [4.69, 9.17) is 0 Å². The van der Waals surface area contributed by atoms with Gasteiger partial charge in [0.15, 0.2) is 0 Å². The van der Waals surface area contributed by atoms with Crippen LogP contribution in [0.2, 0.25) is 0 Å². The highest BCUT2D eigenvalue weighted by Crippen LogP contribution is 2.33. The molecular weight excluding hydrogens is 475 g/mol. The highest BCUT2D eigenvalue weighted by Gasteiger charge is 2.40. The van der Waals surface area contributed by atoms with Crippen LogP contribution in [0.15, 0.2) is 54.6 Å². The number of hydrogen-bond acceptors (Lipinski definition) is 4. The fourth-order valence-corrected chi connectivity index (χ4v) is 4.14. The predicted octanol–water partition coefficient (Wildman–Crippen LogP) is 3.02. The van der Waals surface area contributed by atoms with Gasteiger partial charge in [0.2, 0.25) is 17.6 Å². The number of carbonyl (C=O) groups is 4. The van der Waals surface area contributed by atoms with Crippen LogP contribution in [-0.4, -0.2) is 46.5 Å². The Labute approximate surface area is 207 Å². The first kappa shape index (κ1) is 26.9. The van der Waals surface area contributed by atoms with Crippen molar-refractivity contribution in [1.29, 1.82) is 0 Å². The lowest BCUT2D eigenvalue weighted by molar-refractivity contribution is -0.142. The van der Waals surface area contributed by atoms with E-state index in [0.29, 0.717) is 5.56 Å². The highest BCUT2D eigenvalue weighted by molar-refractivity contribution is 6.38. The van der Waals surface area contributed by atoms with Gasteiger partial charge in [0, 0.05) is 25.4 Å². The summed E-state index contributed by atoms with van der Waals surface area (Å²) in [7, 11) is 0. The van der Waals surface area contributed by atoms with Crippen LogP contribution in [0.1, 0.15) is 43.4 Å². The van der Waals surface area contributed by atoms with Crippen LogP contribution in [-0.2, 0) is 38.3 Å². The Kier molecular flexibility index (Phi) is 8.49. The van der Waals surface area contributed by atoms with E-state index in [1.165, 1.54) is 18.2 Å². The van der Waals surface area contributed by atoms with Gasteiger partial charge in [0.25, 0.3) is 5.91 Å². The van der Waals surface area contributed by atoms with E-state index < -0.39 is 53.9 Å². The summed E-state index contributed by atoms with van der Waals surface area (Å²) in [6.45, 7) is 2.98. The lowest BCUT2D eigenvalue weighted by atomic mass is 10.0. The Hall–Kier alpha value is -3.69. The second-order valence-corrected chi connectivity index (χ2v) is 8.97. The zero-order valence-corrected chi connectivity index (χ0v) is 20.0. The maximum absolute atomic E-state index is 13.5. The number of nitrogens with one attached hydrogen (secondary N) is 2. The third-order valence-electron chi connectivity index (χ3n) is 5.85. The Morgan fingerprint density at radius 3 is 2.28 bits per heavy atom. The average molecular weight is 504 g/mol. The third kappa shape index (κ3) is 6.71. The minimum absolute atomic E-state index is 0.0165. The van der Waals surface area contributed by atoms with Crippen molar-refractivity contribution in [2.75, 3.05) is 0 Å². The molecule has 1 saturated heterocycles. The first-order chi connectivity index (χ1) is 17.0. The van der Waals surface area contributed by atoms with Crippen LogP contribution in [0.5, 0.6) is 0 Å². The summed E-state index contributed by atoms with van der Waals surface area (Å²) in [5.41, 5.74) is -0.315. The van der Waals surface area contributed by atoms with E-state index >= 15 is 0 Å². The summed E-state index contributed by atoms with van der Waals surface area (Å²) in [5.74, 6) is -2.86. The summed E-state index contributed by atoms with van der Waals surface area (Å²) in [4.78, 5) is 52.1. The summed E-state index contributed by atoms with van der Waals surface area (Å²) >= 11 is 0. The second kappa shape index (κ2) is 11.4. The minimum atomic E-state index is -4.62. The molecule has 3 amide bonds. The molecule has 3 rings (SSSR count). The van der Waals surface area contributed by atoms with Gasteiger partial charge < -0.3 is 15.5 Å². The SMILES string of the molecule is CC(C)NC(=O)C(=O)C(Cc1ccccc1)NC(=O)[C@H]1CCC(=O)N1Cc1ccccc1C(F)(F)F. The average Bonchev–Trinajstić information content (AvgIpc) is 3.18. The van der Waals surface area contributed by atoms with Crippen molar-refractivity contribution in [3.8, 4) is 0 Å². The molecule has 0 aliphatic carbocycles. The number of carbonyl (C=O) groups excluding carboxylic acids is 4. The van der Waals surface area contributed by atoms with Crippen LogP contribution >= 0.6 is 0 Å². The number of likely N-dealkylation sites (tertiary alicyclic amines) is 1. The predicted molar refractivity (Wildman–Crippen MR) is 125 cm³/mol. The van der Waals surface area contributed by atoms with E-state index in [1.807, 2.05) is 0 Å². The lowest BCUT2D eigenvalue weighted by Gasteiger charge is -2.27. The number of nitrogens with zero attached hydrogens (tertiary/aromatic N) is 1. The monoisotopic (exact) mass is 503 g/mol. The summed E-state index contributed by atoms with van der Waals surface area (Å²) in [6.07, 6.45) is -4.51. The van der Waals surface area contributed by atoms with Gasteiger partial charge in [-0.3, -0.25) is 19.2 Å². The van der Waals surface area contributed by atoms with Crippen molar-refractivity contribution < 1.29 is 32.3 Å². The summed E-state index contributed by atoms with van der Waals surface area (Å²) in [6, 6.07) is 11.1. The number of ketones is 1. The standard InChI is InChI=1S/C26H28F3N3O4/c1-16(2)30-25(36)23(34)20(14-17-8-4-3-5-9-17)31-24(35)21-12-13-22(33)32(21)15-18-10-6-7-11-19(18)26(27,28)29/h3-11,16,20-21H,12-15H2,1-2H3,(H,30,36)(H,31,35)/t20?,21-/m1/s1. The van der Waals surface area contributed by atoms with Crippen LogP contribution in [0.3, 0.4) is 0 Å². The van der Waals surface area contributed by atoms with E-state index in [-0.39, 0.29) is 30.9 Å². The molecule has 1 heterocycles. The van der Waals surface area contributed by atoms with Crippen molar-refractivity contribution >= 4 is 23.5 Å². The molecule has 0 aromatic heterocycles. The fraction of sp³-hybridized carbons (Fsp3) is 0.385. The maximum Gasteiger partial charge on any atom is 0.416 e. The van der Waals surface area contributed by atoms with Gasteiger partial charge in [-0.1, -0.05) is 48.5 Å². The van der Waals surface area contributed by atoms with E-state index in [1.54, 1.807) is 44.2 Å². The first-order valence-electron chi connectivity index (χ1n) is 11.6. The molecule has 1 unspecified atom stereocenters. The van der Waals surface area contributed by atoms with E-state index in [2.05, 4.69) is 10.6 Å². The van der Waals surface area contributed by atoms with Crippen molar-refractivity contribution in [1.82, 2.24) is 15.5 Å². The summed E-state index contributed by atoms with van der Waals surface area (Å²) in [5, 5.41) is 5.09. The maximum atomic E-state index is 13.5. The first-order valence-corrected chi connectivity index (χ1v) is 11.6. The van der Waals surface area contributed by atoms with Gasteiger partial charge in [-0.15, -0.1) is 0 Å². The number of hydrogen-bond donors (Lipinski definition) is 2. The van der Waals surface area contributed by atoms with Crippen LogP contribution < -0.4 is 10.6 Å². The molecule has 0 bridgehead atoms. The molecule has 1 aliphatic rings.